The summed E-state index contributed by atoms with van der Waals surface area (Å²) in [6.45, 7) is 15.8. The largest absolute Gasteiger partial charge is 0.525 e. The van der Waals surface area contributed by atoms with Crippen molar-refractivity contribution in [3.63, 3.8) is 0 Å². The molecule has 1 radical (unpaired) electrons. The highest BCUT2D eigenvalue weighted by Gasteiger charge is 2.52. The number of hydroxylamine groups is 4. The zero-order valence-electron chi connectivity index (χ0n) is 18.9. The Bertz CT molecular complexity index is 556. The molecule has 0 bridgehead atoms. The molecule has 2 fully saturated rings. The van der Waals surface area contributed by atoms with Crippen LogP contribution in [0.2, 0.25) is 0 Å². The molecule has 9 heteroatoms. The van der Waals surface area contributed by atoms with Crippen LogP contribution < -0.4 is 5.32 Å². The average Bonchev–Trinajstić information content (AvgIpc) is 2.45. The highest BCUT2D eigenvalue weighted by atomic mass is 16.8. The molecular formula is C20H36N3O6. The predicted octanol–water partition coefficient (Wildman–Crippen LogP) is 3.85. The van der Waals surface area contributed by atoms with Crippen LogP contribution in [0.1, 0.15) is 81.1 Å². The Balaban J connectivity index is 2.15. The van der Waals surface area contributed by atoms with Crippen molar-refractivity contribution in [2.75, 3.05) is 0 Å². The van der Waals surface area contributed by atoms with Gasteiger partial charge in [-0.1, -0.05) is 0 Å². The maximum atomic E-state index is 11.1. The van der Waals surface area contributed by atoms with Gasteiger partial charge in [-0.3, -0.25) is 0 Å². The average molecular weight is 415 g/mol. The van der Waals surface area contributed by atoms with Crippen molar-refractivity contribution in [2.45, 2.75) is 115 Å². The van der Waals surface area contributed by atoms with Crippen molar-refractivity contribution in [1.82, 2.24) is 15.4 Å². The molecule has 0 unspecified atom stereocenters. The van der Waals surface area contributed by atoms with Crippen molar-refractivity contribution < 1.29 is 29.5 Å². The maximum absolute atomic E-state index is 11.1. The Labute approximate surface area is 173 Å². The third kappa shape index (κ3) is 5.32. The Kier molecular flexibility index (Phi) is 6.20. The fourth-order valence-corrected chi connectivity index (χ4v) is 5.58. The molecule has 0 saturated carbocycles. The minimum atomic E-state index is -1.31. The van der Waals surface area contributed by atoms with E-state index >= 15 is 0 Å². The molecule has 2 N–H and O–H groups in total. The second-order valence-corrected chi connectivity index (χ2v) is 10.8. The Morgan fingerprint density at radius 1 is 0.690 bits per heavy atom. The lowest BCUT2D eigenvalue weighted by Crippen LogP contribution is -2.66. The van der Waals surface area contributed by atoms with E-state index in [9.17, 15) is 9.59 Å². The van der Waals surface area contributed by atoms with Crippen molar-refractivity contribution in [2.24, 2.45) is 0 Å². The number of hydrogen-bond donors (Lipinski definition) is 2. The van der Waals surface area contributed by atoms with Gasteiger partial charge in [-0.05, 0) is 81.1 Å². The van der Waals surface area contributed by atoms with Crippen LogP contribution in [0.15, 0.2) is 0 Å². The number of carbonyl (C=O) groups is 2. The second kappa shape index (κ2) is 7.59. The van der Waals surface area contributed by atoms with Gasteiger partial charge in [-0.15, -0.1) is 10.1 Å². The molecule has 0 amide bonds. The number of piperidine rings is 2. The van der Waals surface area contributed by atoms with Gasteiger partial charge in [-0.25, -0.2) is 14.9 Å². The smallest absolute Gasteiger partial charge is 0.448 e. The van der Waals surface area contributed by atoms with E-state index in [1.807, 2.05) is 55.4 Å². The van der Waals surface area contributed by atoms with Gasteiger partial charge in [0.15, 0.2) is 0 Å². The fourth-order valence-electron chi connectivity index (χ4n) is 5.58. The molecule has 2 aliphatic rings. The van der Waals surface area contributed by atoms with Gasteiger partial charge >= 0.3 is 12.3 Å². The van der Waals surface area contributed by atoms with Gasteiger partial charge in [-0.2, -0.15) is 0 Å². The summed E-state index contributed by atoms with van der Waals surface area (Å²) in [5.74, 6) is 0. The lowest BCUT2D eigenvalue weighted by atomic mass is 9.76. The van der Waals surface area contributed by atoms with E-state index < -0.39 is 34.5 Å². The molecule has 167 valence electrons. The van der Waals surface area contributed by atoms with E-state index in [1.54, 1.807) is 10.1 Å². The summed E-state index contributed by atoms with van der Waals surface area (Å²) in [5, 5.41) is 26.5. The van der Waals surface area contributed by atoms with Crippen LogP contribution in [0, 0.1) is 0 Å². The zero-order valence-corrected chi connectivity index (χ0v) is 18.9. The molecule has 0 spiro atoms. The molecule has 29 heavy (non-hydrogen) atoms. The molecule has 0 aromatic rings. The van der Waals surface area contributed by atoms with Crippen LogP contribution in [-0.2, 0) is 9.68 Å². The number of nitrogens with zero attached hydrogens (tertiary/aromatic N) is 3. The van der Waals surface area contributed by atoms with Gasteiger partial charge in [0.2, 0.25) is 0 Å². The highest BCUT2D eigenvalue weighted by Crippen LogP contribution is 2.42. The van der Waals surface area contributed by atoms with Gasteiger partial charge in [0.25, 0.3) is 0 Å². The first-order chi connectivity index (χ1) is 13.0. The third-order valence-corrected chi connectivity index (χ3v) is 5.90. The van der Waals surface area contributed by atoms with Crippen LogP contribution >= 0.6 is 0 Å². The summed E-state index contributed by atoms with van der Waals surface area (Å²) >= 11 is 0. The fraction of sp³-hybridized carbons (Fsp3) is 0.900. The van der Waals surface area contributed by atoms with Crippen LogP contribution in [0.4, 0.5) is 9.59 Å². The van der Waals surface area contributed by atoms with Crippen LogP contribution in [0.5, 0.6) is 0 Å². The van der Waals surface area contributed by atoms with E-state index in [4.69, 9.17) is 25.2 Å². The molecule has 2 aliphatic heterocycles. The molecule has 2 heterocycles. The van der Waals surface area contributed by atoms with Crippen molar-refractivity contribution in [3.8, 4) is 0 Å². The van der Waals surface area contributed by atoms with Crippen molar-refractivity contribution >= 4 is 12.3 Å². The summed E-state index contributed by atoms with van der Waals surface area (Å²) in [6, 6.07) is 0.106. The molecular weight excluding hydrogens is 378 g/mol. The van der Waals surface area contributed by atoms with Gasteiger partial charge in [0, 0.05) is 12.1 Å². The van der Waals surface area contributed by atoms with E-state index in [0.717, 1.165) is 0 Å². The normalized spacial score (nSPS) is 27.3. The molecule has 0 aliphatic carbocycles. The topological polar surface area (TPSA) is 114 Å². The van der Waals surface area contributed by atoms with E-state index in [2.05, 4.69) is 0 Å². The molecule has 9 nitrogen and oxygen atoms in total. The lowest BCUT2D eigenvalue weighted by molar-refractivity contribution is -0.259. The molecule has 0 atom stereocenters. The molecule has 0 aromatic carbocycles. The van der Waals surface area contributed by atoms with Crippen molar-refractivity contribution in [3.05, 3.63) is 0 Å². The number of hydrogen-bond acceptors (Lipinski definition) is 6. The van der Waals surface area contributed by atoms with Crippen LogP contribution in [-0.4, -0.2) is 66.9 Å². The van der Waals surface area contributed by atoms with Gasteiger partial charge in [0.05, 0.1) is 22.2 Å². The molecule has 2 saturated heterocycles. The van der Waals surface area contributed by atoms with E-state index in [-0.39, 0.29) is 12.1 Å². The summed E-state index contributed by atoms with van der Waals surface area (Å²) in [4.78, 5) is 32.5. The van der Waals surface area contributed by atoms with Gasteiger partial charge < -0.3 is 19.9 Å². The minimum absolute atomic E-state index is 0.0530. The van der Waals surface area contributed by atoms with Gasteiger partial charge in [0.1, 0.15) is 0 Å². The number of rotatable bonds is 4. The maximum Gasteiger partial charge on any atom is 0.525 e. The summed E-state index contributed by atoms with van der Waals surface area (Å²) in [6.07, 6.45) is 0.0892. The monoisotopic (exact) mass is 414 g/mol. The Morgan fingerprint density at radius 3 is 1.14 bits per heavy atom. The Hall–Kier alpha value is -1.58. The van der Waals surface area contributed by atoms with Crippen LogP contribution in [0.25, 0.3) is 0 Å². The third-order valence-electron chi connectivity index (χ3n) is 5.90. The zero-order chi connectivity index (χ0) is 22.4. The molecule has 2 rings (SSSR count). The summed E-state index contributed by atoms with van der Waals surface area (Å²) in [5.41, 5.74) is -1.97. The lowest BCUT2D eigenvalue weighted by Gasteiger charge is -2.55. The first-order valence-electron chi connectivity index (χ1n) is 10.1. The SMILES string of the molecule is CC1(C)CC([N]C2CC(C)(C)N(OC(=O)O)C(C)(C)C2)CC(C)(C)N1OC(=O)O. The van der Waals surface area contributed by atoms with Crippen molar-refractivity contribution in [1.29, 1.82) is 0 Å². The second-order valence-electron chi connectivity index (χ2n) is 10.8. The first kappa shape index (κ1) is 23.7. The first-order valence-corrected chi connectivity index (χ1v) is 10.1. The summed E-state index contributed by atoms with van der Waals surface area (Å²) in [7, 11) is 0. The molecule has 0 aromatic heterocycles. The van der Waals surface area contributed by atoms with E-state index in [1.165, 1.54) is 0 Å². The van der Waals surface area contributed by atoms with E-state index in [0.29, 0.717) is 25.7 Å². The standard InChI is InChI=1S/C20H36N3O6/c1-17(2)9-13(10-18(3,4)22(17)28-15(24)25)21-14-11-19(5,6)23(29-16(26)27)20(7,8)12-14/h13-14H,9-12H2,1-8H3,(H,24,25)(H,26,27). The Morgan fingerprint density at radius 2 is 0.931 bits per heavy atom. The minimum Gasteiger partial charge on any atom is -0.448 e. The number of carboxylic acid groups (broad SMARTS) is 2. The summed E-state index contributed by atoms with van der Waals surface area (Å²) < 4.78 is 0. The predicted molar refractivity (Wildman–Crippen MR) is 106 cm³/mol. The van der Waals surface area contributed by atoms with Crippen LogP contribution in [0.3, 0.4) is 0 Å². The quantitative estimate of drug-likeness (QED) is 0.713. The highest BCUT2D eigenvalue weighted by molar-refractivity contribution is 5.56.